The van der Waals surface area contributed by atoms with Crippen molar-refractivity contribution in [1.82, 2.24) is 0 Å². The monoisotopic (exact) mass is 384 g/mol. The minimum absolute atomic E-state index is 0.190. The van der Waals surface area contributed by atoms with E-state index >= 15 is 0 Å². The van der Waals surface area contributed by atoms with Crippen LogP contribution in [-0.4, -0.2) is 43.4 Å². The second-order valence-corrected chi connectivity index (χ2v) is 7.87. The number of methoxy groups -OCH3 is 4. The molecule has 0 N–H and O–H groups in total. The normalized spacial score (nSPS) is 12.2. The number of benzene rings is 2. The molecule has 6 heteroatoms. The van der Waals surface area contributed by atoms with Gasteiger partial charge in [0.1, 0.15) is 0 Å². The Morgan fingerprint density at radius 1 is 0.636 bits per heavy atom. The van der Waals surface area contributed by atoms with Crippen molar-refractivity contribution in [2.45, 2.75) is 9.79 Å². The van der Waals surface area contributed by atoms with Gasteiger partial charge in [0, 0.05) is 0 Å². The topological polar surface area (TPSA) is 36.9 Å². The SMILES string of the molecule is COc1cc2c(cc1OC)[Se]c1cc(OC)c(OC)cc1S2. The summed E-state index contributed by atoms with van der Waals surface area (Å²) < 4.78 is 24.2. The van der Waals surface area contributed by atoms with Crippen molar-refractivity contribution in [2.75, 3.05) is 28.4 Å². The van der Waals surface area contributed by atoms with Gasteiger partial charge in [0.15, 0.2) is 0 Å². The van der Waals surface area contributed by atoms with E-state index < -0.39 is 0 Å². The molecule has 0 fully saturated rings. The molecule has 0 aromatic heterocycles. The molecule has 1 aliphatic heterocycles. The van der Waals surface area contributed by atoms with E-state index in [1.165, 1.54) is 18.7 Å². The first-order valence-corrected chi connectivity index (χ1v) is 9.10. The summed E-state index contributed by atoms with van der Waals surface area (Å²) in [5.74, 6) is 3.06. The third kappa shape index (κ3) is 2.62. The van der Waals surface area contributed by atoms with Crippen molar-refractivity contribution in [2.24, 2.45) is 0 Å². The van der Waals surface area contributed by atoms with Crippen molar-refractivity contribution in [3.8, 4) is 23.0 Å². The third-order valence-corrected chi connectivity index (χ3v) is 7.38. The molecule has 0 saturated heterocycles. The van der Waals surface area contributed by atoms with Crippen LogP contribution in [-0.2, 0) is 0 Å². The molecule has 0 saturated carbocycles. The van der Waals surface area contributed by atoms with Crippen LogP contribution in [0, 0.1) is 0 Å². The van der Waals surface area contributed by atoms with E-state index in [2.05, 4.69) is 12.1 Å². The van der Waals surface area contributed by atoms with Gasteiger partial charge in [-0.25, -0.2) is 0 Å². The summed E-state index contributed by atoms with van der Waals surface area (Å²) in [6.45, 7) is 0. The number of hydrogen-bond acceptors (Lipinski definition) is 5. The fourth-order valence-electron chi connectivity index (χ4n) is 2.24. The molecule has 0 unspecified atom stereocenters. The zero-order valence-electron chi connectivity index (χ0n) is 12.8. The Bertz CT molecular complexity index is 598. The van der Waals surface area contributed by atoms with Gasteiger partial charge >= 0.3 is 140 Å². The fourth-order valence-corrected chi connectivity index (χ4v) is 5.95. The molecule has 0 aliphatic carbocycles. The maximum absolute atomic E-state index is 5.40. The average molecular weight is 383 g/mol. The summed E-state index contributed by atoms with van der Waals surface area (Å²) in [5.41, 5.74) is 0. The van der Waals surface area contributed by atoms with Gasteiger partial charge < -0.3 is 0 Å². The molecule has 2 aromatic rings. The van der Waals surface area contributed by atoms with Gasteiger partial charge in [0.05, 0.1) is 0 Å². The van der Waals surface area contributed by atoms with Crippen LogP contribution in [0.5, 0.6) is 23.0 Å². The van der Waals surface area contributed by atoms with Gasteiger partial charge in [-0.2, -0.15) is 0 Å². The summed E-state index contributed by atoms with van der Waals surface area (Å²) >= 11 is 1.91. The Hall–Kier alpha value is -1.49. The molecule has 0 radical (unpaired) electrons. The Kier molecular flexibility index (Phi) is 4.43. The van der Waals surface area contributed by atoms with Crippen molar-refractivity contribution >= 4 is 35.6 Å². The average Bonchev–Trinajstić information content (AvgIpc) is 2.57. The second-order valence-electron chi connectivity index (χ2n) is 4.51. The first kappa shape index (κ1) is 15.4. The molecule has 3 rings (SSSR count). The molecule has 0 bridgehead atoms. The fraction of sp³-hybridized carbons (Fsp3) is 0.250. The summed E-state index contributed by atoms with van der Waals surface area (Å²) in [5, 5.41) is 0. The van der Waals surface area contributed by atoms with E-state index in [0.29, 0.717) is 0 Å². The molecule has 4 nitrogen and oxygen atoms in total. The van der Waals surface area contributed by atoms with Gasteiger partial charge in [0.2, 0.25) is 0 Å². The third-order valence-electron chi connectivity index (χ3n) is 3.34. The molecule has 1 aliphatic rings. The van der Waals surface area contributed by atoms with Gasteiger partial charge in [0.25, 0.3) is 0 Å². The van der Waals surface area contributed by atoms with Gasteiger partial charge in [-0.3, -0.25) is 0 Å². The van der Waals surface area contributed by atoms with Crippen LogP contribution in [0.4, 0.5) is 0 Å². The van der Waals surface area contributed by atoms with E-state index in [1.807, 2.05) is 12.1 Å². The minimum atomic E-state index is 0.190. The predicted molar refractivity (Wildman–Crippen MR) is 88.2 cm³/mol. The molecule has 1 heterocycles. The van der Waals surface area contributed by atoms with E-state index in [9.17, 15) is 0 Å². The summed E-state index contributed by atoms with van der Waals surface area (Å²) in [4.78, 5) is 2.41. The number of fused-ring (bicyclic) bond motifs is 2. The first-order chi connectivity index (χ1) is 10.7. The molecule has 22 heavy (non-hydrogen) atoms. The van der Waals surface area contributed by atoms with E-state index in [4.69, 9.17) is 18.9 Å². The summed E-state index contributed by atoms with van der Waals surface area (Å²) in [7, 11) is 6.64. The predicted octanol–water partition coefficient (Wildman–Crippen LogP) is 1.84. The maximum atomic E-state index is 5.40. The standard InChI is InChI=1S/C16H16O4SSe/c1-17-9-5-13-15(7-11(9)19-3)22-16-8-12(20-4)10(18-2)6-14(16)21-13/h5-8H,1-4H3. The van der Waals surface area contributed by atoms with Crippen LogP contribution < -0.4 is 27.9 Å². The van der Waals surface area contributed by atoms with Crippen LogP contribution in [0.1, 0.15) is 0 Å². The van der Waals surface area contributed by atoms with E-state index in [0.717, 1.165) is 23.0 Å². The zero-order chi connectivity index (χ0) is 15.7. The molecule has 0 amide bonds. The van der Waals surface area contributed by atoms with Crippen molar-refractivity contribution in [1.29, 1.82) is 0 Å². The molecule has 2 aromatic carbocycles. The van der Waals surface area contributed by atoms with Crippen molar-refractivity contribution in [3.63, 3.8) is 0 Å². The molecule has 0 atom stereocenters. The Balaban J connectivity index is 2.05. The quantitative estimate of drug-likeness (QED) is 0.643. The number of ether oxygens (including phenoxy) is 4. The Morgan fingerprint density at radius 2 is 1.00 bits per heavy atom. The van der Waals surface area contributed by atoms with Gasteiger partial charge in [-0.15, -0.1) is 0 Å². The van der Waals surface area contributed by atoms with Crippen LogP contribution in [0.2, 0.25) is 0 Å². The van der Waals surface area contributed by atoms with Gasteiger partial charge in [-0.1, -0.05) is 0 Å². The van der Waals surface area contributed by atoms with Crippen LogP contribution in [0.15, 0.2) is 34.1 Å². The Morgan fingerprint density at radius 3 is 1.36 bits per heavy atom. The van der Waals surface area contributed by atoms with Crippen LogP contribution >= 0.6 is 11.8 Å². The zero-order valence-corrected chi connectivity index (χ0v) is 15.3. The summed E-state index contributed by atoms with van der Waals surface area (Å²) in [6, 6.07) is 8.22. The molecular weight excluding hydrogens is 367 g/mol. The van der Waals surface area contributed by atoms with Crippen LogP contribution in [0.25, 0.3) is 0 Å². The number of hydrogen-bond donors (Lipinski definition) is 0. The van der Waals surface area contributed by atoms with Crippen molar-refractivity contribution < 1.29 is 18.9 Å². The second kappa shape index (κ2) is 6.32. The van der Waals surface area contributed by atoms with Crippen LogP contribution in [0.3, 0.4) is 0 Å². The molecular formula is C16H16O4SSe. The first-order valence-electron chi connectivity index (χ1n) is 6.58. The van der Waals surface area contributed by atoms with E-state index in [-0.39, 0.29) is 15.0 Å². The van der Waals surface area contributed by atoms with E-state index in [1.54, 1.807) is 40.2 Å². The summed E-state index contributed by atoms with van der Waals surface area (Å²) in [6.07, 6.45) is 0. The molecule has 116 valence electrons. The van der Waals surface area contributed by atoms with Crippen molar-refractivity contribution in [3.05, 3.63) is 24.3 Å². The number of rotatable bonds is 4. The Labute approximate surface area is 140 Å². The van der Waals surface area contributed by atoms with Gasteiger partial charge in [-0.05, 0) is 0 Å². The molecule has 0 spiro atoms.